The van der Waals surface area contributed by atoms with E-state index >= 15 is 0 Å². The molecule has 102 valence electrons. The van der Waals surface area contributed by atoms with Gasteiger partial charge in [-0.25, -0.2) is 9.78 Å². The summed E-state index contributed by atoms with van der Waals surface area (Å²) in [6.45, 7) is 0.980. The number of fused-ring (bicyclic) bond motifs is 1. The van der Waals surface area contributed by atoms with Gasteiger partial charge >= 0.3 is 5.97 Å². The Bertz CT molecular complexity index is 607. The van der Waals surface area contributed by atoms with Gasteiger partial charge in [-0.2, -0.15) is 0 Å². The molecule has 0 amide bonds. The zero-order chi connectivity index (χ0) is 14.0. The fourth-order valence-electron chi connectivity index (χ4n) is 1.76. The highest BCUT2D eigenvalue weighted by Gasteiger charge is 2.11. The number of carbonyl (C=O) groups is 1. The lowest BCUT2D eigenvalue weighted by atomic mass is 10.2. The number of aromatic nitrogens is 2. The molecule has 0 fully saturated rings. The first kappa shape index (κ1) is 13.9. The van der Waals surface area contributed by atoms with E-state index in [0.717, 1.165) is 28.5 Å². The maximum atomic E-state index is 10.9. The molecule has 0 atom stereocenters. The van der Waals surface area contributed by atoms with Gasteiger partial charge in [-0.1, -0.05) is 11.8 Å². The number of carboxylic acid groups (broad SMARTS) is 1. The van der Waals surface area contributed by atoms with Gasteiger partial charge in [0.25, 0.3) is 0 Å². The van der Waals surface area contributed by atoms with Crippen LogP contribution in [-0.4, -0.2) is 51.9 Å². The van der Waals surface area contributed by atoms with Crippen molar-refractivity contribution in [2.45, 2.75) is 5.16 Å². The molecule has 0 saturated carbocycles. The Kier molecular flexibility index (Phi) is 4.11. The topological polar surface area (TPSA) is 58.4 Å². The molecular weight excluding hydrogens is 262 g/mol. The van der Waals surface area contributed by atoms with Crippen LogP contribution in [0.5, 0.6) is 0 Å². The minimum absolute atomic E-state index is 0.274. The van der Waals surface area contributed by atoms with Crippen LogP contribution >= 0.6 is 11.8 Å². The van der Waals surface area contributed by atoms with Gasteiger partial charge in [-0.05, 0) is 32.3 Å². The van der Waals surface area contributed by atoms with E-state index in [0.29, 0.717) is 0 Å². The van der Waals surface area contributed by atoms with E-state index in [1.165, 1.54) is 0 Å². The van der Waals surface area contributed by atoms with Crippen molar-refractivity contribution in [3.63, 3.8) is 0 Å². The Morgan fingerprint density at radius 3 is 2.84 bits per heavy atom. The second kappa shape index (κ2) is 5.63. The summed E-state index contributed by atoms with van der Waals surface area (Å²) in [5.41, 5.74) is 1.96. The maximum Gasteiger partial charge on any atom is 0.335 e. The van der Waals surface area contributed by atoms with Gasteiger partial charge < -0.3 is 14.6 Å². The van der Waals surface area contributed by atoms with E-state index in [-0.39, 0.29) is 5.56 Å². The SMILES string of the molecule is CN(C)CCSc1nc2cc(C(=O)O)ccc2n1C. The molecule has 0 aliphatic carbocycles. The molecule has 1 heterocycles. The summed E-state index contributed by atoms with van der Waals surface area (Å²) in [7, 11) is 6.02. The lowest BCUT2D eigenvalue weighted by Crippen LogP contribution is -2.15. The van der Waals surface area contributed by atoms with Crippen LogP contribution in [-0.2, 0) is 7.05 Å². The monoisotopic (exact) mass is 279 g/mol. The highest BCUT2D eigenvalue weighted by molar-refractivity contribution is 7.99. The van der Waals surface area contributed by atoms with Gasteiger partial charge in [0.05, 0.1) is 16.6 Å². The first-order valence-electron chi connectivity index (χ1n) is 5.96. The highest BCUT2D eigenvalue weighted by atomic mass is 32.2. The molecule has 0 radical (unpaired) electrons. The number of aryl methyl sites for hydroxylation is 1. The highest BCUT2D eigenvalue weighted by Crippen LogP contribution is 2.23. The van der Waals surface area contributed by atoms with Crippen LogP contribution in [0.4, 0.5) is 0 Å². The number of aromatic carboxylic acids is 1. The van der Waals surface area contributed by atoms with Crippen LogP contribution in [0, 0.1) is 0 Å². The van der Waals surface area contributed by atoms with Crippen molar-refractivity contribution in [3.8, 4) is 0 Å². The Morgan fingerprint density at radius 1 is 1.47 bits per heavy atom. The van der Waals surface area contributed by atoms with Gasteiger partial charge in [-0.3, -0.25) is 0 Å². The number of hydrogen-bond donors (Lipinski definition) is 1. The lowest BCUT2D eigenvalue weighted by molar-refractivity contribution is 0.0697. The van der Waals surface area contributed by atoms with Crippen molar-refractivity contribution < 1.29 is 9.90 Å². The van der Waals surface area contributed by atoms with Crippen LogP contribution in [0.25, 0.3) is 11.0 Å². The molecular formula is C13H17N3O2S. The van der Waals surface area contributed by atoms with E-state index < -0.39 is 5.97 Å². The van der Waals surface area contributed by atoms with Crippen molar-refractivity contribution in [1.29, 1.82) is 0 Å². The van der Waals surface area contributed by atoms with Crippen LogP contribution in [0.3, 0.4) is 0 Å². The van der Waals surface area contributed by atoms with Crippen LogP contribution in [0.15, 0.2) is 23.4 Å². The van der Waals surface area contributed by atoms with Crippen LogP contribution < -0.4 is 0 Å². The number of hydrogen-bond acceptors (Lipinski definition) is 4. The molecule has 2 aromatic rings. The van der Waals surface area contributed by atoms with Crippen molar-refractivity contribution in [1.82, 2.24) is 14.5 Å². The van der Waals surface area contributed by atoms with Crippen molar-refractivity contribution in [2.75, 3.05) is 26.4 Å². The van der Waals surface area contributed by atoms with Crippen molar-refractivity contribution in [3.05, 3.63) is 23.8 Å². The van der Waals surface area contributed by atoms with Gasteiger partial charge in [0, 0.05) is 19.3 Å². The molecule has 6 heteroatoms. The number of benzene rings is 1. The van der Waals surface area contributed by atoms with E-state index in [4.69, 9.17) is 5.11 Å². The standard InChI is InChI=1S/C13H17N3O2S/c1-15(2)6-7-19-13-14-10-8-9(12(17)18)4-5-11(10)16(13)3/h4-5,8H,6-7H2,1-3H3,(H,17,18). The lowest BCUT2D eigenvalue weighted by Gasteiger charge is -2.08. The fraction of sp³-hybridized carbons (Fsp3) is 0.385. The largest absolute Gasteiger partial charge is 0.478 e. The van der Waals surface area contributed by atoms with Crippen molar-refractivity contribution in [2.24, 2.45) is 7.05 Å². The van der Waals surface area contributed by atoms with E-state index in [2.05, 4.69) is 9.88 Å². The predicted molar refractivity (Wildman–Crippen MR) is 77.0 cm³/mol. The smallest absolute Gasteiger partial charge is 0.335 e. The Hall–Kier alpha value is -1.53. The first-order valence-corrected chi connectivity index (χ1v) is 6.95. The Labute approximate surface area is 116 Å². The second-order valence-electron chi connectivity index (χ2n) is 4.61. The average molecular weight is 279 g/mol. The molecule has 0 bridgehead atoms. The summed E-state index contributed by atoms with van der Waals surface area (Å²) in [5, 5.41) is 9.89. The molecule has 0 unspecified atom stereocenters. The molecule has 19 heavy (non-hydrogen) atoms. The zero-order valence-electron chi connectivity index (χ0n) is 11.3. The third-order valence-electron chi connectivity index (χ3n) is 2.86. The summed E-state index contributed by atoms with van der Waals surface area (Å²) in [6, 6.07) is 5.04. The van der Waals surface area contributed by atoms with Gasteiger partial charge in [-0.15, -0.1) is 0 Å². The molecule has 1 aromatic heterocycles. The molecule has 1 N–H and O–H groups in total. The Balaban J connectivity index is 2.26. The fourth-order valence-corrected chi connectivity index (χ4v) is 2.85. The van der Waals surface area contributed by atoms with Gasteiger partial charge in [0.15, 0.2) is 5.16 Å². The van der Waals surface area contributed by atoms with E-state index in [1.807, 2.05) is 31.8 Å². The van der Waals surface area contributed by atoms with E-state index in [9.17, 15) is 4.79 Å². The summed E-state index contributed by atoms with van der Waals surface area (Å²) in [6.07, 6.45) is 0. The summed E-state index contributed by atoms with van der Waals surface area (Å²) in [5.74, 6) is 0.0324. The predicted octanol–water partition coefficient (Wildman–Crippen LogP) is 1.93. The molecule has 0 spiro atoms. The number of imidazole rings is 1. The van der Waals surface area contributed by atoms with Gasteiger partial charge in [0.2, 0.25) is 0 Å². The number of nitrogens with zero attached hydrogens (tertiary/aromatic N) is 3. The minimum Gasteiger partial charge on any atom is -0.478 e. The summed E-state index contributed by atoms with van der Waals surface area (Å²) >= 11 is 1.68. The Morgan fingerprint density at radius 2 is 2.21 bits per heavy atom. The van der Waals surface area contributed by atoms with Crippen LogP contribution in [0.1, 0.15) is 10.4 Å². The molecule has 0 aliphatic rings. The van der Waals surface area contributed by atoms with Crippen LogP contribution in [0.2, 0.25) is 0 Å². The normalized spacial score (nSPS) is 11.4. The molecule has 0 saturated heterocycles. The zero-order valence-corrected chi connectivity index (χ0v) is 12.1. The molecule has 1 aromatic carbocycles. The number of carboxylic acids is 1. The van der Waals surface area contributed by atoms with Gasteiger partial charge in [0.1, 0.15) is 0 Å². The van der Waals surface area contributed by atoms with Crippen molar-refractivity contribution >= 4 is 28.8 Å². The first-order chi connectivity index (χ1) is 8.99. The number of rotatable bonds is 5. The molecule has 5 nitrogen and oxygen atoms in total. The third-order valence-corrected chi connectivity index (χ3v) is 3.87. The summed E-state index contributed by atoms with van der Waals surface area (Å²) in [4.78, 5) is 17.6. The average Bonchev–Trinajstić information content (AvgIpc) is 2.65. The maximum absolute atomic E-state index is 10.9. The minimum atomic E-state index is -0.922. The molecule has 2 rings (SSSR count). The van der Waals surface area contributed by atoms with E-state index in [1.54, 1.807) is 23.9 Å². The quantitative estimate of drug-likeness (QED) is 0.847. The number of thioether (sulfide) groups is 1. The third kappa shape index (κ3) is 3.08. The molecule has 0 aliphatic heterocycles. The summed E-state index contributed by atoms with van der Waals surface area (Å²) < 4.78 is 2.00. The second-order valence-corrected chi connectivity index (χ2v) is 5.68.